The number of nitrogens with one attached hydrogen (secondary N) is 2. The quantitative estimate of drug-likeness (QED) is 0.337. The van der Waals surface area contributed by atoms with Crippen molar-refractivity contribution in [3.05, 3.63) is 47.8 Å². The Labute approximate surface area is 245 Å². The van der Waals surface area contributed by atoms with E-state index in [0.717, 1.165) is 4.90 Å². The van der Waals surface area contributed by atoms with Crippen molar-refractivity contribution in [3.8, 4) is 17.5 Å². The molecule has 2 amide bonds. The van der Waals surface area contributed by atoms with E-state index in [1.807, 2.05) is 6.07 Å². The largest absolute Gasteiger partial charge is 0.449 e. The summed E-state index contributed by atoms with van der Waals surface area (Å²) in [6.45, 7) is 1.63. The van der Waals surface area contributed by atoms with Crippen LogP contribution in [-0.2, 0) is 4.74 Å². The van der Waals surface area contributed by atoms with Crippen LogP contribution in [0.3, 0.4) is 0 Å². The van der Waals surface area contributed by atoms with Gasteiger partial charge in [-0.2, -0.15) is 10.4 Å². The Morgan fingerprint density at radius 3 is 2.72 bits per heavy atom. The normalized spacial score (nSPS) is 20.3. The van der Waals surface area contributed by atoms with Crippen LogP contribution in [0.4, 0.5) is 23.7 Å². The summed E-state index contributed by atoms with van der Waals surface area (Å²) in [5.41, 5.74) is 1.16. The molecule has 14 heteroatoms. The van der Waals surface area contributed by atoms with Crippen molar-refractivity contribution in [1.29, 1.82) is 5.26 Å². The third-order valence-electron chi connectivity index (χ3n) is 7.71. The van der Waals surface area contributed by atoms with Crippen LogP contribution in [0.15, 0.2) is 36.7 Å². The van der Waals surface area contributed by atoms with Crippen molar-refractivity contribution in [3.63, 3.8) is 0 Å². The summed E-state index contributed by atoms with van der Waals surface area (Å²) in [6.07, 6.45) is 1.18. The number of anilines is 1. The molecule has 2 aliphatic rings. The van der Waals surface area contributed by atoms with Crippen LogP contribution < -0.4 is 10.6 Å². The second-order valence-electron chi connectivity index (χ2n) is 11.6. The first-order chi connectivity index (χ1) is 20.3. The molecule has 3 aromatic heterocycles. The molecule has 0 spiro atoms. The minimum absolute atomic E-state index is 0.00957. The lowest BCUT2D eigenvalue weighted by Gasteiger charge is -2.36. The summed E-state index contributed by atoms with van der Waals surface area (Å²) < 4.78 is 48.0. The first-order valence-corrected chi connectivity index (χ1v) is 13.9. The molecule has 0 radical (unpaired) electrons. The molecule has 0 unspecified atom stereocenters. The van der Waals surface area contributed by atoms with Gasteiger partial charge in [-0.15, -0.1) is 0 Å². The number of aliphatic hydroxyl groups is 1. The maximum Gasteiger partial charge on any atom is 0.409 e. The Balaban J connectivity index is 1.29. The van der Waals surface area contributed by atoms with Gasteiger partial charge in [0.25, 0.3) is 11.8 Å². The summed E-state index contributed by atoms with van der Waals surface area (Å²) in [5.74, 6) is -3.46. The number of ether oxygens (including phenoxy) is 1. The molecule has 0 bridgehead atoms. The fraction of sp³-hybridized carbons (Fsp3) is 0.483. The van der Waals surface area contributed by atoms with Crippen molar-refractivity contribution >= 4 is 23.2 Å². The van der Waals surface area contributed by atoms with Gasteiger partial charge < -0.3 is 25.4 Å². The second kappa shape index (κ2) is 11.7. The highest BCUT2D eigenvalue weighted by molar-refractivity contribution is 6.00. The summed E-state index contributed by atoms with van der Waals surface area (Å²) in [6, 6.07) is 8.90. The number of nitrogens with zero attached hydrogens (tertiary/aromatic N) is 5. The molecule has 0 aromatic carbocycles. The van der Waals surface area contributed by atoms with E-state index in [2.05, 4.69) is 20.7 Å². The van der Waals surface area contributed by atoms with Gasteiger partial charge in [0.05, 0.1) is 65.2 Å². The van der Waals surface area contributed by atoms with E-state index >= 15 is 0 Å². The predicted molar refractivity (Wildman–Crippen MR) is 149 cm³/mol. The number of likely N-dealkylation sites (tertiary alicyclic amines) is 1. The topological polar surface area (TPSA) is 145 Å². The Bertz CT molecular complexity index is 1560. The number of aromatic nitrogens is 3. The van der Waals surface area contributed by atoms with E-state index in [-0.39, 0.29) is 37.1 Å². The standard InChI is InChI=1S/C29H32F3N7O4/c1-28(2,42)25(30)14-35-26(40)21-13-34-23(24-4-3-20-9-18(11-33)12-36-39(20)24)10-22(21)37-19-7-17(8-19)15-43-27(41)38-6-5-29(31,32)16-38/h3-4,9-10,12-13,17,19,25,42H,5-8,14-16H2,1-2H3,(H,34,37)(H,35,40)/t17-,19-,25-/m1/s1. The highest BCUT2D eigenvalue weighted by atomic mass is 19.3. The van der Waals surface area contributed by atoms with E-state index in [0.29, 0.717) is 41.0 Å². The van der Waals surface area contributed by atoms with Crippen molar-refractivity contribution in [2.75, 3.05) is 31.6 Å². The van der Waals surface area contributed by atoms with Crippen LogP contribution in [0.25, 0.3) is 16.9 Å². The Kier molecular flexibility index (Phi) is 8.20. The average molecular weight is 600 g/mol. The van der Waals surface area contributed by atoms with E-state index in [9.17, 15) is 33.1 Å². The average Bonchev–Trinajstić information content (AvgIpc) is 3.54. The summed E-state index contributed by atoms with van der Waals surface area (Å²) in [5, 5.41) is 29.2. The Hall–Kier alpha value is -4.38. The van der Waals surface area contributed by atoms with Crippen LogP contribution in [0, 0.1) is 17.2 Å². The van der Waals surface area contributed by atoms with Crippen LogP contribution in [-0.4, -0.2) is 86.6 Å². The van der Waals surface area contributed by atoms with E-state index in [4.69, 9.17) is 4.74 Å². The van der Waals surface area contributed by atoms with Gasteiger partial charge in [0, 0.05) is 25.2 Å². The predicted octanol–water partition coefficient (Wildman–Crippen LogP) is 3.77. The van der Waals surface area contributed by atoms with Gasteiger partial charge in [-0.3, -0.25) is 9.78 Å². The van der Waals surface area contributed by atoms with Gasteiger partial charge in [-0.25, -0.2) is 22.5 Å². The van der Waals surface area contributed by atoms with Gasteiger partial charge in [0.1, 0.15) is 12.2 Å². The lowest BCUT2D eigenvalue weighted by Crippen LogP contribution is -2.42. The monoisotopic (exact) mass is 599 g/mol. The Morgan fingerprint density at radius 2 is 2.05 bits per heavy atom. The smallest absolute Gasteiger partial charge is 0.409 e. The molecule has 4 heterocycles. The minimum atomic E-state index is -2.89. The molecule has 1 aliphatic heterocycles. The van der Waals surface area contributed by atoms with Gasteiger partial charge in [0.15, 0.2) is 0 Å². The lowest BCUT2D eigenvalue weighted by molar-refractivity contribution is -0.00178. The number of rotatable bonds is 9. The number of fused-ring (bicyclic) bond motifs is 1. The summed E-state index contributed by atoms with van der Waals surface area (Å²) >= 11 is 0. The molecule has 43 heavy (non-hydrogen) atoms. The number of amides is 2. The highest BCUT2D eigenvalue weighted by Crippen LogP contribution is 2.34. The zero-order valence-electron chi connectivity index (χ0n) is 23.7. The number of nitriles is 1. The van der Waals surface area contributed by atoms with Gasteiger partial charge in [-0.1, -0.05) is 0 Å². The first kappa shape index (κ1) is 30.1. The molecule has 11 nitrogen and oxygen atoms in total. The Morgan fingerprint density at radius 1 is 1.28 bits per heavy atom. The van der Waals surface area contributed by atoms with Crippen LogP contribution >= 0.6 is 0 Å². The summed E-state index contributed by atoms with van der Waals surface area (Å²) in [7, 11) is 0. The lowest BCUT2D eigenvalue weighted by atomic mass is 9.80. The molecule has 5 rings (SSSR count). The first-order valence-electron chi connectivity index (χ1n) is 13.9. The number of halogens is 3. The van der Waals surface area contributed by atoms with Gasteiger partial charge in [-0.05, 0) is 56.9 Å². The molecular weight excluding hydrogens is 567 g/mol. The molecule has 3 aromatic rings. The molecule has 2 fully saturated rings. The van der Waals surface area contributed by atoms with Crippen LogP contribution in [0.1, 0.15) is 49.0 Å². The second-order valence-corrected chi connectivity index (χ2v) is 11.6. The highest BCUT2D eigenvalue weighted by Gasteiger charge is 2.41. The molecule has 1 saturated heterocycles. The van der Waals surface area contributed by atoms with Crippen molar-refractivity contribution in [2.24, 2.45) is 5.92 Å². The van der Waals surface area contributed by atoms with Crippen molar-refractivity contribution in [2.45, 2.75) is 56.8 Å². The van der Waals surface area contributed by atoms with Crippen LogP contribution in [0.2, 0.25) is 0 Å². The van der Waals surface area contributed by atoms with E-state index in [1.54, 1.807) is 28.8 Å². The van der Waals surface area contributed by atoms with Crippen LogP contribution in [0.5, 0.6) is 0 Å². The SMILES string of the molecule is CC(C)(O)[C@H](F)CNC(=O)c1cnc(-c2ccc3cc(C#N)cnn23)cc1N[C@H]1C[C@H](COC(=O)N2CCC(F)(F)C2)C1. The van der Waals surface area contributed by atoms with Gasteiger partial charge in [0.2, 0.25) is 0 Å². The number of carbonyl (C=O) groups is 2. The van der Waals surface area contributed by atoms with E-state index < -0.39 is 42.8 Å². The fourth-order valence-electron chi connectivity index (χ4n) is 5.06. The molecular formula is C29H32F3N7O4. The van der Waals surface area contributed by atoms with Gasteiger partial charge >= 0.3 is 6.09 Å². The summed E-state index contributed by atoms with van der Waals surface area (Å²) in [4.78, 5) is 30.7. The van der Waals surface area contributed by atoms with Crippen molar-refractivity contribution < 1.29 is 32.6 Å². The zero-order chi connectivity index (χ0) is 30.9. The number of pyridine rings is 1. The molecule has 3 N–H and O–H groups in total. The molecule has 1 saturated carbocycles. The zero-order valence-corrected chi connectivity index (χ0v) is 23.7. The molecule has 228 valence electrons. The van der Waals surface area contributed by atoms with E-state index in [1.165, 1.54) is 26.2 Å². The number of hydrogen-bond acceptors (Lipinski definition) is 8. The van der Waals surface area contributed by atoms with Crippen molar-refractivity contribution in [1.82, 2.24) is 24.8 Å². The number of alkyl halides is 3. The number of carbonyl (C=O) groups excluding carboxylic acids is 2. The molecule has 1 atom stereocenters. The number of hydrogen-bond donors (Lipinski definition) is 3. The maximum atomic E-state index is 14.3. The fourth-order valence-corrected chi connectivity index (χ4v) is 5.06. The maximum absolute atomic E-state index is 14.3. The molecule has 1 aliphatic carbocycles. The minimum Gasteiger partial charge on any atom is -0.449 e. The third kappa shape index (κ3) is 6.83. The third-order valence-corrected chi connectivity index (χ3v) is 7.71.